The number of aromatic nitrogens is 2. The lowest BCUT2D eigenvalue weighted by molar-refractivity contribution is -0.126. The highest BCUT2D eigenvalue weighted by atomic mass is 16.2. The molecule has 1 unspecified atom stereocenters. The Kier molecular flexibility index (Phi) is 5.78. The molecule has 1 aliphatic heterocycles. The molecule has 1 saturated heterocycles. The van der Waals surface area contributed by atoms with Gasteiger partial charge in [-0.1, -0.05) is 19.1 Å². The van der Waals surface area contributed by atoms with E-state index >= 15 is 0 Å². The largest absolute Gasteiger partial charge is 0.340 e. The summed E-state index contributed by atoms with van der Waals surface area (Å²) in [5.41, 5.74) is 6.73. The van der Waals surface area contributed by atoms with Crippen LogP contribution in [0.15, 0.2) is 42.7 Å². The van der Waals surface area contributed by atoms with Crippen LogP contribution in [0.4, 0.5) is 5.95 Å². The molecule has 7 heteroatoms. The predicted octanol–water partition coefficient (Wildman–Crippen LogP) is 1.72. The van der Waals surface area contributed by atoms with Crippen LogP contribution in [0.25, 0.3) is 0 Å². The van der Waals surface area contributed by atoms with Gasteiger partial charge in [-0.25, -0.2) is 9.97 Å². The van der Waals surface area contributed by atoms with Gasteiger partial charge in [-0.3, -0.25) is 20.4 Å². The molecule has 2 N–H and O–H groups in total. The van der Waals surface area contributed by atoms with Crippen molar-refractivity contribution >= 4 is 17.8 Å². The fraction of sp³-hybridized carbons (Fsp3) is 0.368. The van der Waals surface area contributed by atoms with Crippen LogP contribution in [0.3, 0.4) is 0 Å². The Bertz CT molecular complexity index is 748. The molecule has 0 saturated carbocycles. The number of benzene rings is 1. The molecule has 0 radical (unpaired) electrons. The third-order valence-electron chi connectivity index (χ3n) is 4.55. The lowest BCUT2D eigenvalue weighted by Crippen LogP contribution is -2.49. The summed E-state index contributed by atoms with van der Waals surface area (Å²) in [7, 11) is 0. The molecule has 1 atom stereocenters. The minimum absolute atomic E-state index is 0.191. The van der Waals surface area contributed by atoms with E-state index in [0.717, 1.165) is 31.4 Å². The highest BCUT2D eigenvalue weighted by Crippen LogP contribution is 2.19. The van der Waals surface area contributed by atoms with Gasteiger partial charge < -0.3 is 4.90 Å². The number of hydrogen-bond acceptors (Lipinski definition) is 5. The first-order chi connectivity index (χ1) is 12.7. The maximum absolute atomic E-state index is 12.4. The number of amides is 2. The van der Waals surface area contributed by atoms with Gasteiger partial charge in [-0.2, -0.15) is 0 Å². The number of anilines is 1. The minimum Gasteiger partial charge on any atom is -0.340 e. The van der Waals surface area contributed by atoms with Crippen molar-refractivity contribution in [2.45, 2.75) is 26.2 Å². The summed E-state index contributed by atoms with van der Waals surface area (Å²) < 4.78 is 0. The molecule has 1 aromatic carbocycles. The molecule has 136 valence electrons. The van der Waals surface area contributed by atoms with E-state index in [1.807, 2.05) is 17.0 Å². The Labute approximate surface area is 152 Å². The normalized spacial score (nSPS) is 16.8. The molecule has 0 aliphatic carbocycles. The Morgan fingerprint density at radius 3 is 2.58 bits per heavy atom. The number of hydrogen-bond donors (Lipinski definition) is 2. The zero-order valence-corrected chi connectivity index (χ0v) is 14.8. The molecule has 0 bridgehead atoms. The van der Waals surface area contributed by atoms with E-state index in [1.54, 1.807) is 30.6 Å². The lowest BCUT2D eigenvalue weighted by Gasteiger charge is -2.31. The van der Waals surface area contributed by atoms with Crippen molar-refractivity contribution in [3.8, 4) is 0 Å². The Morgan fingerprint density at radius 1 is 1.15 bits per heavy atom. The number of carbonyl (C=O) groups excluding carboxylic acids is 2. The van der Waals surface area contributed by atoms with Gasteiger partial charge in [0, 0.05) is 31.0 Å². The summed E-state index contributed by atoms with van der Waals surface area (Å²) >= 11 is 0. The third kappa shape index (κ3) is 4.36. The van der Waals surface area contributed by atoms with E-state index < -0.39 is 0 Å². The van der Waals surface area contributed by atoms with E-state index in [0.29, 0.717) is 18.1 Å². The van der Waals surface area contributed by atoms with E-state index in [2.05, 4.69) is 27.7 Å². The minimum atomic E-state index is -0.319. The molecule has 7 nitrogen and oxygen atoms in total. The van der Waals surface area contributed by atoms with Crippen molar-refractivity contribution in [1.82, 2.24) is 20.8 Å². The molecule has 1 aliphatic rings. The second-order valence-corrected chi connectivity index (χ2v) is 6.33. The first-order valence-corrected chi connectivity index (χ1v) is 8.88. The fourth-order valence-corrected chi connectivity index (χ4v) is 3.01. The van der Waals surface area contributed by atoms with Gasteiger partial charge in [-0.05, 0) is 43.0 Å². The van der Waals surface area contributed by atoms with Gasteiger partial charge in [0.15, 0.2) is 0 Å². The van der Waals surface area contributed by atoms with Crippen LogP contribution in [0.1, 0.15) is 35.7 Å². The maximum atomic E-state index is 12.4. The van der Waals surface area contributed by atoms with Gasteiger partial charge in [-0.15, -0.1) is 0 Å². The van der Waals surface area contributed by atoms with Crippen molar-refractivity contribution in [2.75, 3.05) is 18.0 Å². The highest BCUT2D eigenvalue weighted by Gasteiger charge is 2.27. The van der Waals surface area contributed by atoms with Crippen LogP contribution < -0.4 is 15.8 Å². The Hall–Kier alpha value is -2.96. The number of carbonyl (C=O) groups is 2. The summed E-state index contributed by atoms with van der Waals surface area (Å²) in [5.74, 6) is -0.0930. The predicted molar refractivity (Wildman–Crippen MR) is 98.4 cm³/mol. The summed E-state index contributed by atoms with van der Waals surface area (Å²) in [6, 6.07) is 9.11. The number of piperidine rings is 1. The smallest absolute Gasteiger partial charge is 0.269 e. The monoisotopic (exact) mass is 353 g/mol. The summed E-state index contributed by atoms with van der Waals surface area (Å²) in [6.07, 6.45) is 5.95. The van der Waals surface area contributed by atoms with E-state index in [1.165, 1.54) is 0 Å². The van der Waals surface area contributed by atoms with Crippen molar-refractivity contribution in [3.05, 3.63) is 53.9 Å². The molecule has 2 amide bonds. The number of nitrogens with zero attached hydrogens (tertiary/aromatic N) is 3. The third-order valence-corrected chi connectivity index (χ3v) is 4.55. The molecule has 2 aromatic rings. The lowest BCUT2D eigenvalue weighted by atomic mass is 9.98. The van der Waals surface area contributed by atoms with Crippen LogP contribution in [0, 0.1) is 5.92 Å². The van der Waals surface area contributed by atoms with E-state index in [4.69, 9.17) is 0 Å². The molecule has 1 fully saturated rings. The topological polar surface area (TPSA) is 87.2 Å². The van der Waals surface area contributed by atoms with Crippen LogP contribution in [0.5, 0.6) is 0 Å². The SMILES string of the molecule is CCc1ccc(C(=O)NNC(=O)C2CCCN(c3ncccn3)C2)cc1. The van der Waals surface area contributed by atoms with Crippen LogP contribution in [-0.4, -0.2) is 34.9 Å². The van der Waals surface area contributed by atoms with Gasteiger partial charge >= 0.3 is 0 Å². The summed E-state index contributed by atoms with van der Waals surface area (Å²) in [6.45, 7) is 3.42. The van der Waals surface area contributed by atoms with Crippen LogP contribution in [-0.2, 0) is 11.2 Å². The standard InChI is InChI=1S/C19H23N5O2/c1-2-14-6-8-15(9-7-14)17(25)22-23-18(26)16-5-3-12-24(13-16)19-20-10-4-11-21-19/h4,6-11,16H,2-3,5,12-13H2,1H3,(H,22,25)(H,23,26). The van der Waals surface area contributed by atoms with Gasteiger partial charge in [0.05, 0.1) is 5.92 Å². The number of aryl methyl sites for hydroxylation is 1. The maximum Gasteiger partial charge on any atom is 0.269 e. The molecular formula is C19H23N5O2. The van der Waals surface area contributed by atoms with E-state index in [-0.39, 0.29) is 17.7 Å². The average Bonchev–Trinajstić information content (AvgIpc) is 2.72. The second kappa shape index (κ2) is 8.42. The van der Waals surface area contributed by atoms with Crippen molar-refractivity contribution in [3.63, 3.8) is 0 Å². The number of hydrazine groups is 1. The van der Waals surface area contributed by atoms with Gasteiger partial charge in [0.2, 0.25) is 11.9 Å². The fourth-order valence-electron chi connectivity index (χ4n) is 3.01. The van der Waals surface area contributed by atoms with Crippen LogP contribution >= 0.6 is 0 Å². The molecule has 0 spiro atoms. The summed E-state index contributed by atoms with van der Waals surface area (Å²) in [4.78, 5) is 35.1. The second-order valence-electron chi connectivity index (χ2n) is 6.33. The molecule has 1 aromatic heterocycles. The first kappa shape index (κ1) is 17.8. The van der Waals surface area contributed by atoms with Crippen molar-refractivity contribution < 1.29 is 9.59 Å². The molecule has 3 rings (SSSR count). The summed E-state index contributed by atoms with van der Waals surface area (Å²) in [5, 5.41) is 0. The quantitative estimate of drug-likeness (QED) is 0.817. The Morgan fingerprint density at radius 2 is 1.88 bits per heavy atom. The van der Waals surface area contributed by atoms with Crippen molar-refractivity contribution in [1.29, 1.82) is 0 Å². The highest BCUT2D eigenvalue weighted by molar-refractivity contribution is 5.95. The molecule has 2 heterocycles. The molecular weight excluding hydrogens is 330 g/mol. The van der Waals surface area contributed by atoms with Crippen molar-refractivity contribution in [2.24, 2.45) is 5.92 Å². The van der Waals surface area contributed by atoms with E-state index in [9.17, 15) is 9.59 Å². The molecule has 26 heavy (non-hydrogen) atoms. The zero-order chi connectivity index (χ0) is 18.4. The van der Waals surface area contributed by atoms with Gasteiger partial charge in [0.1, 0.15) is 0 Å². The zero-order valence-electron chi connectivity index (χ0n) is 14.8. The van der Waals surface area contributed by atoms with Gasteiger partial charge in [0.25, 0.3) is 5.91 Å². The average molecular weight is 353 g/mol. The van der Waals surface area contributed by atoms with Crippen LogP contribution in [0.2, 0.25) is 0 Å². The Balaban J connectivity index is 1.53. The number of nitrogens with one attached hydrogen (secondary N) is 2. The number of rotatable bonds is 4. The first-order valence-electron chi connectivity index (χ1n) is 8.88.